The van der Waals surface area contributed by atoms with Crippen LogP contribution >= 0.6 is 11.3 Å². The van der Waals surface area contributed by atoms with Crippen molar-refractivity contribution in [3.8, 4) is 10.6 Å². The molecule has 0 fully saturated rings. The molecule has 5 nitrogen and oxygen atoms in total. The van der Waals surface area contributed by atoms with E-state index in [1.54, 1.807) is 23.6 Å². The third kappa shape index (κ3) is 4.41. The van der Waals surface area contributed by atoms with Crippen molar-refractivity contribution in [3.63, 3.8) is 0 Å². The van der Waals surface area contributed by atoms with E-state index in [0.717, 1.165) is 22.6 Å². The van der Waals surface area contributed by atoms with E-state index in [0.29, 0.717) is 17.1 Å². The number of thiazole rings is 1. The summed E-state index contributed by atoms with van der Waals surface area (Å²) < 4.78 is 0. The van der Waals surface area contributed by atoms with E-state index in [-0.39, 0.29) is 11.8 Å². The Bertz CT molecular complexity index is 977. The van der Waals surface area contributed by atoms with Crippen LogP contribution in [0.15, 0.2) is 47.8 Å². The molecule has 0 unspecified atom stereocenters. The van der Waals surface area contributed by atoms with Crippen molar-refractivity contribution in [1.82, 2.24) is 4.98 Å². The molecular formula is C21H21N3O2S. The molecular weight excluding hydrogens is 358 g/mol. The van der Waals surface area contributed by atoms with Gasteiger partial charge in [-0.1, -0.05) is 37.3 Å². The van der Waals surface area contributed by atoms with E-state index >= 15 is 0 Å². The maximum atomic E-state index is 12.6. The number of amides is 2. The van der Waals surface area contributed by atoms with Gasteiger partial charge in [0.15, 0.2) is 0 Å². The second-order valence-corrected chi connectivity index (χ2v) is 7.06. The molecule has 0 radical (unpaired) electrons. The van der Waals surface area contributed by atoms with Crippen LogP contribution in [0.25, 0.3) is 10.6 Å². The second kappa shape index (κ2) is 8.14. The quantitative estimate of drug-likeness (QED) is 0.663. The third-order valence-electron chi connectivity index (χ3n) is 4.24. The smallest absolute Gasteiger partial charge is 0.275 e. The Kier molecular flexibility index (Phi) is 5.66. The summed E-state index contributed by atoms with van der Waals surface area (Å²) in [4.78, 5) is 28.4. The van der Waals surface area contributed by atoms with Crippen LogP contribution in [0.5, 0.6) is 0 Å². The number of aromatic nitrogens is 1. The van der Waals surface area contributed by atoms with Crippen molar-refractivity contribution in [2.24, 2.45) is 0 Å². The van der Waals surface area contributed by atoms with Gasteiger partial charge < -0.3 is 10.6 Å². The maximum absolute atomic E-state index is 12.6. The van der Waals surface area contributed by atoms with E-state index in [4.69, 9.17) is 0 Å². The number of anilines is 2. The second-order valence-electron chi connectivity index (χ2n) is 6.20. The van der Waals surface area contributed by atoms with Crippen LogP contribution < -0.4 is 10.6 Å². The van der Waals surface area contributed by atoms with Crippen LogP contribution in [0.4, 0.5) is 11.4 Å². The first kappa shape index (κ1) is 18.8. The van der Waals surface area contributed by atoms with Crippen LogP contribution in [-0.4, -0.2) is 16.8 Å². The van der Waals surface area contributed by atoms with Crippen molar-refractivity contribution in [2.75, 3.05) is 10.6 Å². The third-order valence-corrected chi connectivity index (χ3v) is 5.13. The first-order valence-electron chi connectivity index (χ1n) is 8.71. The van der Waals surface area contributed by atoms with Gasteiger partial charge in [0.1, 0.15) is 10.7 Å². The molecule has 1 aromatic heterocycles. The molecule has 0 aliphatic rings. The lowest BCUT2D eigenvalue weighted by Gasteiger charge is -2.12. The Hall–Kier alpha value is -2.99. The van der Waals surface area contributed by atoms with Gasteiger partial charge in [-0.3, -0.25) is 9.59 Å². The van der Waals surface area contributed by atoms with Crippen LogP contribution in [0.1, 0.15) is 35.5 Å². The molecule has 0 aliphatic carbocycles. The maximum Gasteiger partial charge on any atom is 0.275 e. The Labute approximate surface area is 162 Å². The summed E-state index contributed by atoms with van der Waals surface area (Å²) in [6.45, 7) is 5.42. The fraction of sp³-hybridized carbons (Fsp3) is 0.190. The van der Waals surface area contributed by atoms with Crippen LogP contribution in [0.3, 0.4) is 0 Å². The molecule has 0 bridgehead atoms. The summed E-state index contributed by atoms with van der Waals surface area (Å²) in [6.07, 6.45) is 0.989. The van der Waals surface area contributed by atoms with Crippen molar-refractivity contribution < 1.29 is 9.59 Å². The normalized spacial score (nSPS) is 10.5. The van der Waals surface area contributed by atoms with E-state index in [1.807, 2.05) is 19.1 Å². The lowest BCUT2D eigenvalue weighted by Crippen LogP contribution is -2.14. The number of hydrogen-bond donors (Lipinski definition) is 2. The van der Waals surface area contributed by atoms with Crippen LogP contribution in [0.2, 0.25) is 0 Å². The number of carbonyl (C=O) groups is 2. The minimum absolute atomic E-state index is 0.153. The molecule has 2 aromatic carbocycles. The van der Waals surface area contributed by atoms with E-state index in [9.17, 15) is 9.59 Å². The summed E-state index contributed by atoms with van der Waals surface area (Å²) in [5.74, 6) is -0.425. The highest BCUT2D eigenvalue weighted by Gasteiger charge is 2.14. The van der Waals surface area contributed by atoms with Gasteiger partial charge in [-0.2, -0.15) is 0 Å². The predicted octanol–water partition coefficient (Wildman–Crippen LogP) is 4.89. The van der Waals surface area contributed by atoms with E-state index in [1.165, 1.54) is 23.8 Å². The number of hydrogen-bond acceptors (Lipinski definition) is 4. The summed E-state index contributed by atoms with van der Waals surface area (Å²) in [5.41, 5.74) is 4.76. The van der Waals surface area contributed by atoms with Gasteiger partial charge in [-0.05, 0) is 36.6 Å². The number of benzene rings is 2. The van der Waals surface area contributed by atoms with E-state index < -0.39 is 0 Å². The molecule has 0 atom stereocenters. The van der Waals surface area contributed by atoms with Crippen molar-refractivity contribution >= 4 is 34.5 Å². The molecule has 6 heteroatoms. The zero-order valence-corrected chi connectivity index (χ0v) is 16.3. The average molecular weight is 379 g/mol. The monoisotopic (exact) mass is 379 g/mol. The van der Waals surface area contributed by atoms with Gasteiger partial charge in [0.25, 0.3) is 5.91 Å². The predicted molar refractivity (Wildman–Crippen MR) is 110 cm³/mol. The van der Waals surface area contributed by atoms with Crippen molar-refractivity contribution in [2.45, 2.75) is 27.2 Å². The molecule has 0 aliphatic heterocycles. The fourth-order valence-corrected chi connectivity index (χ4v) is 3.48. The number of nitrogens with zero attached hydrogens (tertiary/aromatic N) is 1. The molecule has 0 saturated heterocycles. The van der Waals surface area contributed by atoms with Gasteiger partial charge in [0.05, 0.1) is 0 Å². The van der Waals surface area contributed by atoms with Gasteiger partial charge in [-0.25, -0.2) is 4.98 Å². The fourth-order valence-electron chi connectivity index (χ4n) is 2.68. The SMILES string of the molecule is CCc1ccc(-c2nc(C(=O)Nc3cccc(NC(C)=O)c3C)cs2)cc1. The number of carbonyl (C=O) groups excluding carboxylic acids is 2. The molecule has 138 valence electrons. The first-order chi connectivity index (χ1) is 13.0. The summed E-state index contributed by atoms with van der Waals surface area (Å²) >= 11 is 1.44. The van der Waals surface area contributed by atoms with Crippen LogP contribution in [-0.2, 0) is 11.2 Å². The highest BCUT2D eigenvalue weighted by Crippen LogP contribution is 2.26. The molecule has 2 N–H and O–H groups in total. The molecule has 0 saturated carbocycles. The van der Waals surface area contributed by atoms with Gasteiger partial charge in [-0.15, -0.1) is 11.3 Å². The Morgan fingerprint density at radius 3 is 2.33 bits per heavy atom. The zero-order valence-electron chi connectivity index (χ0n) is 15.5. The Morgan fingerprint density at radius 1 is 1.04 bits per heavy atom. The van der Waals surface area contributed by atoms with Gasteiger partial charge in [0.2, 0.25) is 5.91 Å². The molecule has 3 aromatic rings. The summed E-state index contributed by atoms with van der Waals surface area (Å²) in [5, 5.41) is 8.20. The zero-order chi connectivity index (χ0) is 19.4. The van der Waals surface area contributed by atoms with Crippen molar-refractivity contribution in [1.29, 1.82) is 0 Å². The lowest BCUT2D eigenvalue weighted by molar-refractivity contribution is -0.114. The average Bonchev–Trinajstić information content (AvgIpc) is 3.15. The van der Waals surface area contributed by atoms with Gasteiger partial charge in [0, 0.05) is 29.2 Å². The topological polar surface area (TPSA) is 71.1 Å². The molecule has 2 amide bonds. The standard InChI is InChI=1S/C21H21N3O2S/c1-4-15-8-10-16(11-9-15)21-24-19(12-27-21)20(26)23-18-7-5-6-17(13(18)2)22-14(3)25/h5-12H,4H2,1-3H3,(H,22,25)(H,23,26). The largest absolute Gasteiger partial charge is 0.326 e. The minimum Gasteiger partial charge on any atom is -0.326 e. The molecule has 0 spiro atoms. The lowest BCUT2D eigenvalue weighted by atomic mass is 10.1. The highest BCUT2D eigenvalue weighted by atomic mass is 32.1. The van der Waals surface area contributed by atoms with Gasteiger partial charge >= 0.3 is 0 Å². The van der Waals surface area contributed by atoms with Crippen LogP contribution in [0, 0.1) is 6.92 Å². The molecule has 27 heavy (non-hydrogen) atoms. The minimum atomic E-state index is -0.272. The number of rotatable bonds is 5. The van der Waals surface area contributed by atoms with Crippen molar-refractivity contribution in [3.05, 3.63) is 64.7 Å². The first-order valence-corrected chi connectivity index (χ1v) is 9.59. The summed E-state index contributed by atoms with van der Waals surface area (Å²) in [7, 11) is 0. The Morgan fingerprint density at radius 2 is 1.70 bits per heavy atom. The molecule has 3 rings (SSSR count). The highest BCUT2D eigenvalue weighted by molar-refractivity contribution is 7.13. The Balaban J connectivity index is 1.77. The number of nitrogens with one attached hydrogen (secondary N) is 2. The summed E-state index contributed by atoms with van der Waals surface area (Å²) in [6, 6.07) is 13.6. The van der Waals surface area contributed by atoms with E-state index in [2.05, 4.69) is 34.7 Å². The number of aryl methyl sites for hydroxylation is 1. The molecule has 1 heterocycles.